The van der Waals surface area contributed by atoms with E-state index in [1.807, 2.05) is 24.3 Å². The summed E-state index contributed by atoms with van der Waals surface area (Å²) in [6.07, 6.45) is 0. The summed E-state index contributed by atoms with van der Waals surface area (Å²) in [5.74, 6) is -0.325. The number of hydrogen-bond donors (Lipinski definition) is 0. The van der Waals surface area contributed by atoms with Crippen LogP contribution in [0.1, 0.15) is 0 Å². The molecule has 4 rings (SSSR count). The topological polar surface area (TPSA) is 34.9 Å². The van der Waals surface area contributed by atoms with Crippen LogP contribution in [0.15, 0.2) is 53.3 Å². The van der Waals surface area contributed by atoms with E-state index in [0.29, 0.717) is 16.5 Å². The zero-order valence-corrected chi connectivity index (χ0v) is 12.5. The molecule has 0 radical (unpaired) electrons. The minimum Gasteiger partial charge on any atom is -0.311 e. The molecule has 0 atom stereocenters. The largest absolute Gasteiger partial charge is 0.311 e. The maximum atomic E-state index is 13.7. The van der Waals surface area contributed by atoms with Gasteiger partial charge in [0.25, 0.3) is 5.56 Å². The molecule has 3 nitrogen and oxygen atoms in total. The average molecular weight is 310 g/mol. The maximum Gasteiger partial charge on any atom is 0.251 e. The van der Waals surface area contributed by atoms with E-state index >= 15 is 0 Å². The number of aromatic nitrogens is 2. The standard InChI is InChI=1S/C17H11FN2OS/c1-20-14-7-6-10(18)8-11(14)12(9-16(20)21)17-19-13-4-2-3-5-15(13)22-17/h2-9H,1H3. The molecule has 4 aromatic rings. The molecule has 0 saturated heterocycles. The Morgan fingerprint density at radius 3 is 2.77 bits per heavy atom. The molecule has 0 aliphatic carbocycles. The maximum absolute atomic E-state index is 13.7. The van der Waals surface area contributed by atoms with Crippen molar-refractivity contribution in [1.29, 1.82) is 0 Å². The SMILES string of the molecule is Cn1c(=O)cc(-c2nc3ccccc3s2)c2cc(F)ccc21. The number of pyridine rings is 1. The van der Waals surface area contributed by atoms with E-state index in [1.54, 1.807) is 13.1 Å². The van der Waals surface area contributed by atoms with E-state index in [2.05, 4.69) is 4.98 Å². The van der Waals surface area contributed by atoms with Crippen molar-refractivity contribution in [2.75, 3.05) is 0 Å². The third-order valence-electron chi connectivity index (χ3n) is 3.73. The highest BCUT2D eigenvalue weighted by atomic mass is 32.1. The Bertz CT molecular complexity index is 1050. The van der Waals surface area contributed by atoms with Crippen LogP contribution in [-0.2, 0) is 7.05 Å². The lowest BCUT2D eigenvalue weighted by Gasteiger charge is -2.08. The fourth-order valence-electron chi connectivity index (χ4n) is 2.60. The molecule has 0 spiro atoms. The second-order valence-electron chi connectivity index (χ2n) is 5.10. The van der Waals surface area contributed by atoms with Crippen molar-refractivity contribution in [3.63, 3.8) is 0 Å². The Morgan fingerprint density at radius 2 is 1.95 bits per heavy atom. The monoisotopic (exact) mass is 310 g/mol. The van der Waals surface area contributed by atoms with Crippen molar-refractivity contribution >= 4 is 32.5 Å². The summed E-state index contributed by atoms with van der Waals surface area (Å²) in [4.78, 5) is 16.8. The molecule has 22 heavy (non-hydrogen) atoms. The first-order valence-electron chi connectivity index (χ1n) is 6.79. The molecule has 5 heteroatoms. The van der Waals surface area contributed by atoms with Gasteiger partial charge in [0, 0.05) is 24.1 Å². The summed E-state index contributed by atoms with van der Waals surface area (Å²) in [6, 6.07) is 13.8. The Kier molecular flexibility index (Phi) is 2.84. The molecule has 0 N–H and O–H groups in total. The van der Waals surface area contributed by atoms with Gasteiger partial charge in [-0.15, -0.1) is 11.3 Å². The molecule has 0 aliphatic rings. The normalized spacial score (nSPS) is 11.4. The number of benzene rings is 2. The van der Waals surface area contributed by atoms with Crippen LogP contribution in [0.3, 0.4) is 0 Å². The van der Waals surface area contributed by atoms with Crippen LogP contribution in [0.2, 0.25) is 0 Å². The van der Waals surface area contributed by atoms with Gasteiger partial charge in [0.15, 0.2) is 0 Å². The van der Waals surface area contributed by atoms with E-state index < -0.39 is 0 Å². The number of halogens is 1. The summed E-state index contributed by atoms with van der Waals surface area (Å²) in [6.45, 7) is 0. The first-order chi connectivity index (χ1) is 10.6. The molecule has 2 heterocycles. The van der Waals surface area contributed by atoms with E-state index in [9.17, 15) is 9.18 Å². The number of nitrogens with zero attached hydrogens (tertiary/aromatic N) is 2. The summed E-state index contributed by atoms with van der Waals surface area (Å²) >= 11 is 1.50. The first-order valence-corrected chi connectivity index (χ1v) is 7.60. The van der Waals surface area contributed by atoms with Crippen LogP contribution in [0.25, 0.3) is 31.7 Å². The van der Waals surface area contributed by atoms with Crippen LogP contribution in [0.5, 0.6) is 0 Å². The summed E-state index contributed by atoms with van der Waals surface area (Å²) in [5.41, 5.74) is 2.13. The predicted molar refractivity (Wildman–Crippen MR) is 87.8 cm³/mol. The lowest BCUT2D eigenvalue weighted by molar-refractivity contribution is 0.629. The third kappa shape index (κ3) is 1.94. The lowest BCUT2D eigenvalue weighted by atomic mass is 10.1. The van der Waals surface area contributed by atoms with Crippen molar-refractivity contribution in [1.82, 2.24) is 9.55 Å². The number of thiazole rings is 1. The van der Waals surface area contributed by atoms with Gasteiger partial charge in [-0.3, -0.25) is 4.79 Å². The highest BCUT2D eigenvalue weighted by molar-refractivity contribution is 7.21. The zero-order chi connectivity index (χ0) is 15.3. The molecule has 0 amide bonds. The van der Waals surface area contributed by atoms with Gasteiger partial charge in [-0.2, -0.15) is 0 Å². The molecule has 0 fully saturated rings. The van der Waals surface area contributed by atoms with E-state index in [-0.39, 0.29) is 11.4 Å². The molecule has 0 bridgehead atoms. The molecule has 108 valence electrons. The molecule has 0 saturated carbocycles. The lowest BCUT2D eigenvalue weighted by Crippen LogP contribution is -2.16. The quantitative estimate of drug-likeness (QED) is 0.533. The van der Waals surface area contributed by atoms with Crippen LogP contribution in [0.4, 0.5) is 4.39 Å². The Morgan fingerprint density at radius 1 is 1.14 bits per heavy atom. The molecular weight excluding hydrogens is 299 g/mol. The number of fused-ring (bicyclic) bond motifs is 2. The summed E-state index contributed by atoms with van der Waals surface area (Å²) in [5, 5.41) is 1.43. The smallest absolute Gasteiger partial charge is 0.251 e. The highest BCUT2D eigenvalue weighted by Gasteiger charge is 2.13. The van der Waals surface area contributed by atoms with E-state index in [1.165, 1.54) is 34.1 Å². The van der Waals surface area contributed by atoms with Gasteiger partial charge in [0.2, 0.25) is 0 Å². The summed E-state index contributed by atoms with van der Waals surface area (Å²) < 4.78 is 16.2. The second-order valence-corrected chi connectivity index (χ2v) is 6.13. The number of rotatable bonds is 1. The number of aryl methyl sites for hydroxylation is 1. The van der Waals surface area contributed by atoms with Gasteiger partial charge in [-0.05, 0) is 30.3 Å². The number of hydrogen-bond acceptors (Lipinski definition) is 3. The van der Waals surface area contributed by atoms with Crippen molar-refractivity contribution < 1.29 is 4.39 Å². The Labute approximate surface area is 129 Å². The van der Waals surface area contributed by atoms with Gasteiger partial charge >= 0.3 is 0 Å². The molecule has 2 aromatic carbocycles. The van der Waals surface area contributed by atoms with Gasteiger partial charge in [-0.1, -0.05) is 12.1 Å². The van der Waals surface area contributed by atoms with Crippen molar-refractivity contribution in [3.05, 3.63) is 64.7 Å². The fourth-order valence-corrected chi connectivity index (χ4v) is 3.59. The molecule has 0 aliphatic heterocycles. The zero-order valence-electron chi connectivity index (χ0n) is 11.7. The Hall–Kier alpha value is -2.53. The van der Waals surface area contributed by atoms with E-state index in [4.69, 9.17) is 0 Å². The first kappa shape index (κ1) is 13.2. The van der Waals surface area contributed by atoms with Crippen molar-refractivity contribution in [2.24, 2.45) is 7.05 Å². The van der Waals surface area contributed by atoms with Crippen LogP contribution >= 0.6 is 11.3 Å². The Balaban J connectivity index is 2.11. The van der Waals surface area contributed by atoms with Crippen molar-refractivity contribution in [2.45, 2.75) is 0 Å². The second kappa shape index (κ2) is 4.74. The van der Waals surface area contributed by atoms with Crippen LogP contribution < -0.4 is 5.56 Å². The minimum absolute atomic E-state index is 0.131. The van der Waals surface area contributed by atoms with Gasteiger partial charge in [0.1, 0.15) is 10.8 Å². The van der Waals surface area contributed by atoms with Crippen LogP contribution in [0, 0.1) is 5.82 Å². The summed E-state index contributed by atoms with van der Waals surface area (Å²) in [7, 11) is 1.69. The highest BCUT2D eigenvalue weighted by Crippen LogP contribution is 2.33. The number of para-hydroxylation sites is 1. The third-order valence-corrected chi connectivity index (χ3v) is 4.80. The molecule has 2 aromatic heterocycles. The fraction of sp³-hybridized carbons (Fsp3) is 0.0588. The van der Waals surface area contributed by atoms with E-state index in [0.717, 1.165) is 15.2 Å². The van der Waals surface area contributed by atoms with Gasteiger partial charge in [0.05, 0.1) is 15.7 Å². The van der Waals surface area contributed by atoms with Gasteiger partial charge < -0.3 is 4.57 Å². The predicted octanol–water partition coefficient (Wildman–Crippen LogP) is 3.95. The van der Waals surface area contributed by atoms with Crippen LogP contribution in [-0.4, -0.2) is 9.55 Å². The molecular formula is C17H11FN2OS. The van der Waals surface area contributed by atoms with Crippen molar-refractivity contribution in [3.8, 4) is 10.6 Å². The van der Waals surface area contributed by atoms with Gasteiger partial charge in [-0.25, -0.2) is 9.37 Å². The minimum atomic E-state index is -0.325. The molecule has 0 unspecified atom stereocenters. The average Bonchev–Trinajstić information content (AvgIpc) is 2.94.